The van der Waals surface area contributed by atoms with Gasteiger partial charge in [0.25, 0.3) is 0 Å². The van der Waals surface area contributed by atoms with Gasteiger partial charge in [-0.1, -0.05) is 35.0 Å². The van der Waals surface area contributed by atoms with Crippen molar-refractivity contribution in [1.29, 1.82) is 0 Å². The van der Waals surface area contributed by atoms with Crippen LogP contribution in [0.4, 0.5) is 0 Å². The third-order valence-electron chi connectivity index (χ3n) is 3.75. The Bertz CT molecular complexity index is 407. The van der Waals surface area contributed by atoms with Gasteiger partial charge in [0.15, 0.2) is 0 Å². The number of halogens is 1. The predicted molar refractivity (Wildman–Crippen MR) is 86.9 cm³/mol. The molecule has 1 saturated heterocycles. The van der Waals surface area contributed by atoms with Crippen LogP contribution < -0.4 is 5.32 Å². The molecule has 0 radical (unpaired) electrons. The van der Waals surface area contributed by atoms with Crippen LogP contribution in [-0.2, 0) is 0 Å². The number of hydrogen-bond donors (Lipinski definition) is 2. The minimum atomic E-state index is -0.484. The molecule has 0 saturated carbocycles. The van der Waals surface area contributed by atoms with Gasteiger partial charge in [0.05, 0.1) is 5.60 Å². The molecular weight excluding hydrogens is 322 g/mol. The van der Waals surface area contributed by atoms with E-state index in [0.29, 0.717) is 12.5 Å². The zero-order chi connectivity index (χ0) is 13.7. The number of rotatable bonds is 5. The van der Waals surface area contributed by atoms with Gasteiger partial charge in [-0.2, -0.15) is 11.8 Å². The standard InChI is InChI=1S/C15H22BrNOS/c1-12(13-3-2-4-14(16)9-13)10-17-11-15(18)5-7-19-8-6-15/h2-4,9,12,17-18H,5-8,10-11H2,1H3. The van der Waals surface area contributed by atoms with Crippen LogP contribution in [0.2, 0.25) is 0 Å². The summed E-state index contributed by atoms with van der Waals surface area (Å²) in [5.74, 6) is 2.62. The van der Waals surface area contributed by atoms with E-state index in [1.165, 1.54) is 5.56 Å². The van der Waals surface area contributed by atoms with Gasteiger partial charge in [-0.3, -0.25) is 0 Å². The van der Waals surface area contributed by atoms with Crippen LogP contribution in [0.15, 0.2) is 28.7 Å². The highest BCUT2D eigenvalue weighted by atomic mass is 79.9. The van der Waals surface area contributed by atoms with Crippen LogP contribution in [0.1, 0.15) is 31.2 Å². The minimum absolute atomic E-state index is 0.457. The summed E-state index contributed by atoms with van der Waals surface area (Å²) >= 11 is 5.45. The Labute approximate surface area is 128 Å². The largest absolute Gasteiger partial charge is 0.389 e. The number of nitrogens with one attached hydrogen (secondary N) is 1. The van der Waals surface area contributed by atoms with Gasteiger partial charge in [0.1, 0.15) is 0 Å². The first kappa shape index (κ1) is 15.4. The lowest BCUT2D eigenvalue weighted by Crippen LogP contribution is -2.44. The Balaban J connectivity index is 1.79. The molecule has 0 aromatic heterocycles. The average Bonchev–Trinajstić information content (AvgIpc) is 2.39. The monoisotopic (exact) mass is 343 g/mol. The summed E-state index contributed by atoms with van der Waals surface area (Å²) < 4.78 is 1.12. The molecule has 1 unspecified atom stereocenters. The molecule has 0 bridgehead atoms. The Hall–Kier alpha value is -0.0300. The molecule has 0 spiro atoms. The van der Waals surface area contributed by atoms with Crippen LogP contribution in [0.5, 0.6) is 0 Å². The van der Waals surface area contributed by atoms with E-state index >= 15 is 0 Å². The molecule has 0 aliphatic carbocycles. The summed E-state index contributed by atoms with van der Waals surface area (Å²) in [6, 6.07) is 8.44. The minimum Gasteiger partial charge on any atom is -0.389 e. The van der Waals surface area contributed by atoms with E-state index < -0.39 is 5.60 Å². The van der Waals surface area contributed by atoms with Crippen molar-refractivity contribution in [3.8, 4) is 0 Å². The summed E-state index contributed by atoms with van der Waals surface area (Å²) in [7, 11) is 0. The fourth-order valence-corrected chi connectivity index (χ4v) is 4.05. The van der Waals surface area contributed by atoms with Crippen molar-refractivity contribution >= 4 is 27.7 Å². The summed E-state index contributed by atoms with van der Waals surface area (Å²) in [5, 5.41) is 13.9. The highest BCUT2D eigenvalue weighted by Crippen LogP contribution is 2.26. The molecule has 106 valence electrons. The van der Waals surface area contributed by atoms with Crippen molar-refractivity contribution in [3.63, 3.8) is 0 Å². The van der Waals surface area contributed by atoms with E-state index in [1.54, 1.807) is 0 Å². The first-order valence-electron chi connectivity index (χ1n) is 6.85. The summed E-state index contributed by atoms with van der Waals surface area (Å²) in [6.45, 7) is 3.84. The Morgan fingerprint density at radius 1 is 1.42 bits per heavy atom. The number of benzene rings is 1. The highest BCUT2D eigenvalue weighted by molar-refractivity contribution is 9.10. The molecule has 1 aliphatic rings. The van der Waals surface area contributed by atoms with E-state index in [2.05, 4.69) is 46.4 Å². The van der Waals surface area contributed by atoms with Crippen molar-refractivity contribution in [1.82, 2.24) is 5.32 Å². The zero-order valence-corrected chi connectivity index (χ0v) is 13.8. The zero-order valence-electron chi connectivity index (χ0n) is 11.4. The molecule has 1 atom stereocenters. The smallest absolute Gasteiger partial charge is 0.0787 e. The van der Waals surface area contributed by atoms with Crippen molar-refractivity contribution < 1.29 is 5.11 Å². The summed E-state index contributed by atoms with van der Waals surface area (Å²) in [5.41, 5.74) is 0.843. The predicted octanol–water partition coefficient (Wildman–Crippen LogP) is 3.40. The fourth-order valence-electron chi connectivity index (χ4n) is 2.38. The lowest BCUT2D eigenvalue weighted by molar-refractivity contribution is 0.0322. The van der Waals surface area contributed by atoms with Gasteiger partial charge in [-0.15, -0.1) is 0 Å². The molecule has 1 heterocycles. The van der Waals surface area contributed by atoms with Crippen LogP contribution in [0, 0.1) is 0 Å². The number of aliphatic hydroxyl groups is 1. The van der Waals surface area contributed by atoms with Crippen molar-refractivity contribution in [2.45, 2.75) is 31.3 Å². The summed E-state index contributed by atoms with van der Waals surface area (Å²) in [4.78, 5) is 0. The molecule has 0 amide bonds. The Morgan fingerprint density at radius 3 is 2.84 bits per heavy atom. The molecule has 2 N–H and O–H groups in total. The van der Waals surface area contributed by atoms with Crippen LogP contribution in [0.25, 0.3) is 0 Å². The SMILES string of the molecule is CC(CNCC1(O)CCSCC1)c1cccc(Br)c1. The topological polar surface area (TPSA) is 32.3 Å². The second kappa shape index (κ2) is 7.11. The van der Waals surface area contributed by atoms with Gasteiger partial charge >= 0.3 is 0 Å². The van der Waals surface area contributed by atoms with Crippen molar-refractivity contribution in [2.75, 3.05) is 24.6 Å². The van der Waals surface area contributed by atoms with Crippen LogP contribution >= 0.6 is 27.7 Å². The Kier molecular flexibility index (Phi) is 5.75. The maximum absolute atomic E-state index is 10.4. The Morgan fingerprint density at radius 2 is 2.16 bits per heavy atom. The van der Waals surface area contributed by atoms with Crippen molar-refractivity contribution in [2.24, 2.45) is 0 Å². The van der Waals surface area contributed by atoms with Crippen molar-refractivity contribution in [3.05, 3.63) is 34.3 Å². The maximum Gasteiger partial charge on any atom is 0.0787 e. The van der Waals surface area contributed by atoms with Gasteiger partial charge in [-0.25, -0.2) is 0 Å². The second-order valence-electron chi connectivity index (χ2n) is 5.42. The number of hydrogen-bond acceptors (Lipinski definition) is 3. The molecule has 19 heavy (non-hydrogen) atoms. The van der Waals surface area contributed by atoms with E-state index in [-0.39, 0.29) is 0 Å². The molecule has 4 heteroatoms. The van der Waals surface area contributed by atoms with E-state index in [9.17, 15) is 5.11 Å². The highest BCUT2D eigenvalue weighted by Gasteiger charge is 2.28. The molecule has 1 aliphatic heterocycles. The lowest BCUT2D eigenvalue weighted by atomic mass is 9.96. The quantitative estimate of drug-likeness (QED) is 0.859. The molecule has 2 rings (SSSR count). The van der Waals surface area contributed by atoms with Crippen LogP contribution in [0.3, 0.4) is 0 Å². The molecule has 1 fully saturated rings. The van der Waals surface area contributed by atoms with E-state index in [0.717, 1.165) is 35.4 Å². The van der Waals surface area contributed by atoms with E-state index in [1.807, 2.05) is 17.8 Å². The van der Waals surface area contributed by atoms with E-state index in [4.69, 9.17) is 0 Å². The van der Waals surface area contributed by atoms with Crippen LogP contribution in [-0.4, -0.2) is 35.3 Å². The third-order valence-corrected chi connectivity index (χ3v) is 5.22. The summed E-state index contributed by atoms with van der Waals surface area (Å²) in [6.07, 6.45) is 1.83. The third kappa shape index (κ3) is 4.78. The van der Waals surface area contributed by atoms with Gasteiger partial charge in [0, 0.05) is 17.6 Å². The molecular formula is C15H22BrNOS. The fraction of sp³-hybridized carbons (Fsp3) is 0.600. The maximum atomic E-state index is 10.4. The molecule has 1 aromatic rings. The van der Waals surface area contributed by atoms with Gasteiger partial charge < -0.3 is 10.4 Å². The lowest BCUT2D eigenvalue weighted by Gasteiger charge is -2.32. The number of thioether (sulfide) groups is 1. The first-order valence-corrected chi connectivity index (χ1v) is 8.80. The molecule has 1 aromatic carbocycles. The average molecular weight is 344 g/mol. The van der Waals surface area contributed by atoms with Gasteiger partial charge in [0.2, 0.25) is 0 Å². The first-order chi connectivity index (χ1) is 9.09. The second-order valence-corrected chi connectivity index (χ2v) is 7.56. The molecule has 2 nitrogen and oxygen atoms in total. The van der Waals surface area contributed by atoms with Gasteiger partial charge in [-0.05, 0) is 48.0 Å². The normalized spacial score (nSPS) is 20.2.